The van der Waals surface area contributed by atoms with E-state index in [0.717, 1.165) is 18.6 Å². The molecule has 7 heteroatoms. The van der Waals surface area contributed by atoms with Crippen molar-refractivity contribution in [2.75, 3.05) is 17.7 Å². The smallest absolute Gasteiger partial charge is 0.222 e. The van der Waals surface area contributed by atoms with Gasteiger partial charge in [-0.05, 0) is 12.5 Å². The molecule has 1 atom stereocenters. The van der Waals surface area contributed by atoms with Crippen LogP contribution >= 0.6 is 0 Å². The van der Waals surface area contributed by atoms with E-state index in [9.17, 15) is 13.9 Å². The molecule has 1 aromatic carbocycles. The second-order valence-corrected chi connectivity index (χ2v) is 4.53. The highest BCUT2D eigenvalue weighted by atomic mass is 19.2. The first-order chi connectivity index (χ1) is 9.55. The summed E-state index contributed by atoms with van der Waals surface area (Å²) in [6, 6.07) is 1.76. The molecule has 0 bridgehead atoms. The number of aliphatic hydroxyl groups is 1. The maximum absolute atomic E-state index is 13.4. The van der Waals surface area contributed by atoms with Crippen LogP contribution in [0.2, 0.25) is 0 Å². The summed E-state index contributed by atoms with van der Waals surface area (Å²) >= 11 is 0. The van der Waals surface area contributed by atoms with Crippen LogP contribution in [0.5, 0.6) is 0 Å². The molecule has 0 fully saturated rings. The van der Waals surface area contributed by atoms with Gasteiger partial charge in [0, 0.05) is 11.5 Å². The number of nitrogens with one attached hydrogen (secondary N) is 1. The molecule has 0 aliphatic carbocycles. The highest BCUT2D eigenvalue weighted by Crippen LogP contribution is 2.24. The van der Waals surface area contributed by atoms with E-state index in [1.54, 1.807) is 0 Å². The number of benzene rings is 1. The molecule has 20 heavy (non-hydrogen) atoms. The molecule has 0 saturated heterocycles. The molecule has 0 aliphatic rings. The Morgan fingerprint density at radius 3 is 2.65 bits per heavy atom. The molecule has 1 aromatic heterocycles. The van der Waals surface area contributed by atoms with Crippen molar-refractivity contribution < 1.29 is 13.9 Å². The van der Waals surface area contributed by atoms with Crippen molar-refractivity contribution in [3.8, 4) is 0 Å². The Hall–Kier alpha value is -2.02. The molecule has 1 unspecified atom stereocenters. The summed E-state index contributed by atoms with van der Waals surface area (Å²) in [6.07, 6.45) is 1.57. The standard InChI is InChI=1S/C13H16F2N4O/c1-2-3-7(6-20)17-12-8-4-9(14)10(15)5-11(8)18-13(16)19-12/h4-5,7,20H,2-3,6H2,1H3,(H3,16,17,18,19). The van der Waals surface area contributed by atoms with Crippen molar-refractivity contribution in [2.45, 2.75) is 25.8 Å². The number of anilines is 2. The Labute approximate surface area is 114 Å². The molecule has 108 valence electrons. The fraction of sp³-hybridized carbons (Fsp3) is 0.385. The van der Waals surface area contributed by atoms with Crippen molar-refractivity contribution in [3.63, 3.8) is 0 Å². The van der Waals surface area contributed by atoms with Crippen LogP contribution in [-0.2, 0) is 0 Å². The van der Waals surface area contributed by atoms with Crippen molar-refractivity contribution in [2.24, 2.45) is 0 Å². The third kappa shape index (κ3) is 2.93. The summed E-state index contributed by atoms with van der Waals surface area (Å²) in [5.41, 5.74) is 5.78. The van der Waals surface area contributed by atoms with Gasteiger partial charge in [-0.2, -0.15) is 4.98 Å². The van der Waals surface area contributed by atoms with Crippen LogP contribution in [0.15, 0.2) is 12.1 Å². The summed E-state index contributed by atoms with van der Waals surface area (Å²) in [5, 5.41) is 12.6. The van der Waals surface area contributed by atoms with E-state index in [1.165, 1.54) is 0 Å². The number of hydrogen-bond donors (Lipinski definition) is 3. The lowest BCUT2D eigenvalue weighted by Gasteiger charge is -2.17. The minimum absolute atomic E-state index is 0.0424. The first-order valence-corrected chi connectivity index (χ1v) is 6.34. The fourth-order valence-electron chi connectivity index (χ4n) is 2.00. The lowest BCUT2D eigenvalue weighted by atomic mass is 10.1. The minimum Gasteiger partial charge on any atom is -0.394 e. The number of nitrogens with two attached hydrogens (primary N) is 1. The second kappa shape index (κ2) is 5.96. The van der Waals surface area contributed by atoms with E-state index in [0.29, 0.717) is 17.6 Å². The molecule has 0 radical (unpaired) electrons. The van der Waals surface area contributed by atoms with Gasteiger partial charge in [0.1, 0.15) is 5.82 Å². The van der Waals surface area contributed by atoms with E-state index < -0.39 is 11.6 Å². The SMILES string of the molecule is CCCC(CO)Nc1nc(N)nc2cc(F)c(F)cc12. The zero-order chi connectivity index (χ0) is 14.7. The molecular weight excluding hydrogens is 266 g/mol. The maximum Gasteiger partial charge on any atom is 0.222 e. The Morgan fingerprint density at radius 1 is 1.30 bits per heavy atom. The highest BCUT2D eigenvalue weighted by Gasteiger charge is 2.14. The number of hydrogen-bond acceptors (Lipinski definition) is 5. The monoisotopic (exact) mass is 282 g/mol. The topological polar surface area (TPSA) is 84.1 Å². The van der Waals surface area contributed by atoms with Crippen molar-refractivity contribution in [1.29, 1.82) is 0 Å². The van der Waals surface area contributed by atoms with Crippen LogP contribution < -0.4 is 11.1 Å². The third-order valence-corrected chi connectivity index (χ3v) is 2.95. The molecule has 0 saturated carbocycles. The number of aromatic nitrogens is 2. The van der Waals surface area contributed by atoms with Gasteiger partial charge in [0.2, 0.25) is 5.95 Å². The van der Waals surface area contributed by atoms with Crippen molar-refractivity contribution in [3.05, 3.63) is 23.8 Å². The molecule has 4 N–H and O–H groups in total. The normalized spacial score (nSPS) is 12.6. The van der Waals surface area contributed by atoms with Crippen LogP contribution in [0.25, 0.3) is 10.9 Å². The second-order valence-electron chi connectivity index (χ2n) is 4.53. The van der Waals surface area contributed by atoms with E-state index in [4.69, 9.17) is 5.73 Å². The molecule has 5 nitrogen and oxygen atoms in total. The lowest BCUT2D eigenvalue weighted by Crippen LogP contribution is -2.24. The summed E-state index contributed by atoms with van der Waals surface area (Å²) in [7, 11) is 0. The van der Waals surface area contributed by atoms with Gasteiger partial charge < -0.3 is 16.2 Å². The largest absolute Gasteiger partial charge is 0.394 e. The average Bonchev–Trinajstić information content (AvgIpc) is 2.40. The van der Waals surface area contributed by atoms with Crippen molar-refractivity contribution >= 4 is 22.7 Å². The molecule has 0 spiro atoms. The van der Waals surface area contributed by atoms with E-state index in [1.807, 2.05) is 6.92 Å². The summed E-state index contributed by atoms with van der Waals surface area (Å²) in [5.74, 6) is -1.73. The van der Waals surface area contributed by atoms with Crippen LogP contribution in [0.4, 0.5) is 20.5 Å². The Morgan fingerprint density at radius 2 is 2.00 bits per heavy atom. The highest BCUT2D eigenvalue weighted by molar-refractivity contribution is 5.90. The number of aliphatic hydroxyl groups excluding tert-OH is 1. The van der Waals surface area contributed by atoms with E-state index in [-0.39, 0.29) is 24.1 Å². The van der Waals surface area contributed by atoms with Gasteiger partial charge in [-0.15, -0.1) is 0 Å². The van der Waals surface area contributed by atoms with Gasteiger partial charge in [-0.25, -0.2) is 13.8 Å². The number of rotatable bonds is 5. The average molecular weight is 282 g/mol. The number of fused-ring (bicyclic) bond motifs is 1. The van der Waals surface area contributed by atoms with Gasteiger partial charge >= 0.3 is 0 Å². The van der Waals surface area contributed by atoms with E-state index >= 15 is 0 Å². The summed E-state index contributed by atoms with van der Waals surface area (Å²) in [4.78, 5) is 7.87. The predicted molar refractivity (Wildman–Crippen MR) is 73.3 cm³/mol. The van der Waals surface area contributed by atoms with Gasteiger partial charge in [0.25, 0.3) is 0 Å². The summed E-state index contributed by atoms with van der Waals surface area (Å²) in [6.45, 7) is 1.88. The zero-order valence-corrected chi connectivity index (χ0v) is 11.0. The molecule has 2 aromatic rings. The van der Waals surface area contributed by atoms with E-state index in [2.05, 4.69) is 15.3 Å². The predicted octanol–water partition coefficient (Wildman–Crippen LogP) is 2.06. The van der Waals surface area contributed by atoms with Crippen LogP contribution in [-0.4, -0.2) is 27.7 Å². The Balaban J connectivity index is 2.48. The maximum atomic E-state index is 13.4. The quantitative estimate of drug-likeness (QED) is 0.781. The van der Waals surface area contributed by atoms with Gasteiger partial charge in [0.05, 0.1) is 18.2 Å². The molecule has 2 rings (SSSR count). The van der Waals surface area contributed by atoms with Crippen LogP contribution in [0.1, 0.15) is 19.8 Å². The Kier molecular flexibility index (Phi) is 4.29. The number of nitrogens with zero attached hydrogens (tertiary/aromatic N) is 2. The van der Waals surface area contributed by atoms with Gasteiger partial charge in [0.15, 0.2) is 11.6 Å². The summed E-state index contributed by atoms with van der Waals surface area (Å²) < 4.78 is 26.6. The molecule has 0 aliphatic heterocycles. The van der Waals surface area contributed by atoms with Crippen molar-refractivity contribution in [1.82, 2.24) is 9.97 Å². The van der Waals surface area contributed by atoms with Crippen LogP contribution in [0, 0.1) is 11.6 Å². The third-order valence-electron chi connectivity index (χ3n) is 2.95. The zero-order valence-electron chi connectivity index (χ0n) is 11.0. The molecule has 1 heterocycles. The van der Waals surface area contributed by atoms with Crippen LogP contribution in [0.3, 0.4) is 0 Å². The fourth-order valence-corrected chi connectivity index (χ4v) is 2.00. The number of nitrogen functional groups attached to an aromatic ring is 1. The first kappa shape index (κ1) is 14.4. The Bertz CT molecular complexity index is 621. The first-order valence-electron chi connectivity index (χ1n) is 6.34. The minimum atomic E-state index is -0.992. The molecule has 0 amide bonds. The lowest BCUT2D eigenvalue weighted by molar-refractivity contribution is 0.268. The number of halogens is 2. The van der Waals surface area contributed by atoms with Gasteiger partial charge in [-0.1, -0.05) is 13.3 Å². The van der Waals surface area contributed by atoms with Gasteiger partial charge in [-0.3, -0.25) is 0 Å². The molecular formula is C13H16F2N4O.